The molecule has 23 nitrogen and oxygen atoms in total. The molecule has 4 N–H and O–H groups in total. The molecule has 0 aromatic rings. The van der Waals surface area contributed by atoms with Crippen molar-refractivity contribution in [1.82, 2.24) is 50.7 Å². The van der Waals surface area contributed by atoms with Crippen molar-refractivity contribution in [1.29, 1.82) is 0 Å². The zero-order valence-electron chi connectivity index (χ0n) is 54.8. The Bertz CT molecular complexity index is 2330. The van der Waals surface area contributed by atoms with Crippen molar-refractivity contribution in [2.75, 3.05) is 82.6 Å². The lowest BCUT2D eigenvalue weighted by atomic mass is 9.91. The number of carbonyl (C=O) groups is 11. The summed E-state index contributed by atoms with van der Waals surface area (Å²) in [5.41, 5.74) is 0. The van der Waals surface area contributed by atoms with Gasteiger partial charge in [-0.25, -0.2) is 9.28 Å². The summed E-state index contributed by atoms with van der Waals surface area (Å²) < 4.78 is 4.60. The van der Waals surface area contributed by atoms with Crippen LogP contribution in [0.3, 0.4) is 0 Å². The van der Waals surface area contributed by atoms with Crippen molar-refractivity contribution >= 4 is 65.0 Å². The highest BCUT2D eigenvalue weighted by atomic mass is 16.5. The van der Waals surface area contributed by atoms with Crippen LogP contribution in [0.5, 0.6) is 0 Å². The van der Waals surface area contributed by atoms with Gasteiger partial charge in [0.05, 0.1) is 19.7 Å². The molecule has 11 atom stereocenters. The molecule has 0 bridgehead atoms. The van der Waals surface area contributed by atoms with E-state index in [9.17, 15) is 52.7 Å². The van der Waals surface area contributed by atoms with Gasteiger partial charge in [-0.2, -0.15) is 0 Å². The molecule has 0 aromatic heterocycles. The smallest absolute Gasteiger partial charge is 0.337 e. The quantitative estimate of drug-likeness (QED) is 0.0319. The van der Waals surface area contributed by atoms with E-state index < -0.39 is 108 Å². The molecule has 2 aliphatic heterocycles. The fourth-order valence-corrected chi connectivity index (χ4v) is 11.0. The lowest BCUT2D eigenvalue weighted by molar-refractivity contribution is -0.726. The monoisotopic (exact) mass is 1190 g/mol. The van der Waals surface area contributed by atoms with Gasteiger partial charge in [0.2, 0.25) is 47.3 Å². The number of rotatable bonds is 33. The fraction of sp³-hybridized carbons (Fsp3) is 0.787. The normalized spacial score (nSPS) is 20.2. The second-order valence-corrected chi connectivity index (χ2v) is 25.8. The van der Waals surface area contributed by atoms with Crippen LogP contribution in [-0.4, -0.2) is 236 Å². The summed E-state index contributed by atoms with van der Waals surface area (Å²) in [7, 11) is 11.9. The molecule has 478 valence electrons. The summed E-state index contributed by atoms with van der Waals surface area (Å²) in [5.74, 6) is -5.65. The molecular weight excluding hydrogens is 1080 g/mol. The first-order valence-corrected chi connectivity index (χ1v) is 30.2. The largest absolute Gasteiger partial charge is 0.468 e. The first-order chi connectivity index (χ1) is 39.0. The average Bonchev–Trinajstić information content (AvgIpc) is 2.95. The Kier molecular flexibility index (Phi) is 29.7. The number of methoxy groups -OCH3 is 1. The second kappa shape index (κ2) is 33.7. The number of ether oxygens (including phenoxy) is 1. The van der Waals surface area contributed by atoms with Crippen LogP contribution in [0, 0.1) is 35.5 Å². The highest BCUT2D eigenvalue weighted by molar-refractivity contribution is 5.98. The van der Waals surface area contributed by atoms with E-state index >= 15 is 0 Å². The summed E-state index contributed by atoms with van der Waals surface area (Å²) in [6.45, 7) is 23.6. The van der Waals surface area contributed by atoms with Crippen LogP contribution in [0.25, 0.3) is 0 Å². The topological polar surface area (TPSA) is 265 Å². The fourth-order valence-electron chi connectivity index (χ4n) is 11.0. The first kappa shape index (κ1) is 74.1. The molecule has 0 saturated carbocycles. The van der Waals surface area contributed by atoms with Gasteiger partial charge in [0.25, 0.3) is 5.91 Å². The number of quaternary nitrogens is 1. The molecule has 2 aliphatic rings. The van der Waals surface area contributed by atoms with Crippen LogP contribution in [0.4, 0.5) is 0 Å². The maximum Gasteiger partial charge on any atom is 0.337 e. The van der Waals surface area contributed by atoms with Crippen molar-refractivity contribution in [3.8, 4) is 0 Å². The van der Waals surface area contributed by atoms with Crippen molar-refractivity contribution in [2.45, 2.75) is 196 Å². The van der Waals surface area contributed by atoms with Gasteiger partial charge in [-0.1, -0.05) is 81.4 Å². The third-order valence-electron chi connectivity index (χ3n) is 16.5. The molecule has 84 heavy (non-hydrogen) atoms. The number of amides is 10. The molecule has 0 spiro atoms. The highest BCUT2D eigenvalue weighted by Crippen LogP contribution is 2.43. The first-order valence-electron chi connectivity index (χ1n) is 30.2. The van der Waals surface area contributed by atoms with E-state index in [1.807, 2.05) is 88.3 Å². The predicted molar refractivity (Wildman–Crippen MR) is 322 cm³/mol. The van der Waals surface area contributed by atoms with Gasteiger partial charge in [-0.15, -0.1) is 0 Å². The van der Waals surface area contributed by atoms with Crippen LogP contribution in [0.1, 0.15) is 141 Å². The Morgan fingerprint density at radius 3 is 1.67 bits per heavy atom. The molecular formula is C61H108N11O12+. The van der Waals surface area contributed by atoms with Crippen molar-refractivity contribution in [3.05, 3.63) is 12.2 Å². The molecule has 0 radical (unpaired) electrons. The second-order valence-electron chi connectivity index (χ2n) is 25.8. The summed E-state index contributed by atoms with van der Waals surface area (Å²) in [5, 5.41) is 11.3. The number of esters is 1. The Balaban J connectivity index is 2.34. The van der Waals surface area contributed by atoms with Gasteiger partial charge < -0.3 is 55.4 Å². The molecule has 2 unspecified atom stereocenters. The summed E-state index contributed by atoms with van der Waals surface area (Å²) in [4.78, 5) is 161. The van der Waals surface area contributed by atoms with Gasteiger partial charge in [0, 0.05) is 48.7 Å². The number of carbonyl (C=O) groups excluding carboxylic acids is 11. The van der Waals surface area contributed by atoms with Gasteiger partial charge in [-0.05, 0) is 108 Å². The van der Waals surface area contributed by atoms with E-state index in [1.54, 1.807) is 7.05 Å². The van der Waals surface area contributed by atoms with E-state index in [2.05, 4.69) is 21.3 Å². The van der Waals surface area contributed by atoms with E-state index in [4.69, 9.17) is 4.74 Å². The van der Waals surface area contributed by atoms with E-state index in [0.29, 0.717) is 38.6 Å². The number of likely N-dealkylation sites (N-methyl/N-ethyl adjacent to an activating group) is 7. The van der Waals surface area contributed by atoms with Crippen LogP contribution in [-0.2, 0) is 57.5 Å². The number of allylic oxidation sites excluding steroid dienone is 2. The lowest BCUT2D eigenvalue weighted by Crippen LogP contribution is -2.60. The maximum absolute atomic E-state index is 14.8. The zero-order valence-corrected chi connectivity index (χ0v) is 54.8. The SMILES string of the molecule is C/C=C/C[C@@H]1CC(N(C)C(=O)CN(C)C(=O)[C@H](CCC(C)C)N(C)C(=O)[C@H](CC(C)C)N(C)C(=O)[C@@H](C)NC(=O)[C@H](C)NC(=O)[C@H](CC(C)C)N(C)C(=O)[C@@H](NC(=O)[C@H](CC(C)C)NC)C(C)C)C(=O)[N+]2(CC(=O)N(C)CC(=O)OC)C[C@@H]2C1. The molecule has 0 aliphatic carbocycles. The summed E-state index contributed by atoms with van der Waals surface area (Å²) >= 11 is 0. The molecule has 2 saturated heterocycles. The van der Waals surface area contributed by atoms with E-state index in [0.717, 1.165) is 0 Å². The number of nitrogens with one attached hydrogen (secondary N) is 4. The number of fused-ring (bicyclic) bond motifs is 1. The molecule has 2 fully saturated rings. The van der Waals surface area contributed by atoms with Crippen molar-refractivity contribution < 1.29 is 62.0 Å². The van der Waals surface area contributed by atoms with Crippen molar-refractivity contribution in [3.63, 3.8) is 0 Å². The van der Waals surface area contributed by atoms with Crippen molar-refractivity contribution in [2.24, 2.45) is 35.5 Å². The maximum atomic E-state index is 14.8. The van der Waals surface area contributed by atoms with Gasteiger partial charge in [-0.3, -0.25) is 47.9 Å². The number of hydrogen-bond acceptors (Lipinski definition) is 13. The van der Waals surface area contributed by atoms with Crippen LogP contribution in [0.2, 0.25) is 0 Å². The number of hydrogen-bond donors (Lipinski definition) is 4. The standard InChI is InChI=1S/C61H107N11O12/c1-22-23-24-43-30-44-34-72(44,35-51(74)66(15)33-52(75)84-21)61(83)49(31-43)68(17)50(73)32-67(16)58(80)46(26-25-36(2)3)69(18)59(81)48(29-39(8)9)71(20)57(79)42(13)64-54(76)41(12)63-56(78)47(28-38(6)7)70(19)60(82)53(40(10)11)65-55(77)45(62-14)27-37(4)5/h22-23,36-49,53,62H,24-35H2,1-21H3,(H2-,63,64,65,76,77,78)/p+1/b23-22+/t41-,42+,43-,44-,45-,46-,47-,48-,49?,53-,72?/m0/s1. The highest BCUT2D eigenvalue weighted by Gasteiger charge is 2.66. The van der Waals surface area contributed by atoms with E-state index in [-0.39, 0.29) is 90.2 Å². The van der Waals surface area contributed by atoms with E-state index in [1.165, 1.54) is 92.6 Å². The Morgan fingerprint density at radius 1 is 0.595 bits per heavy atom. The minimum Gasteiger partial charge on any atom is -0.468 e. The van der Waals surface area contributed by atoms with Crippen LogP contribution in [0.15, 0.2) is 12.2 Å². The predicted octanol–water partition coefficient (Wildman–Crippen LogP) is 2.80. The molecule has 2 rings (SSSR count). The van der Waals surface area contributed by atoms with Crippen LogP contribution >= 0.6 is 0 Å². The third kappa shape index (κ3) is 20.9. The van der Waals surface area contributed by atoms with Gasteiger partial charge in [0.15, 0.2) is 6.54 Å². The molecule has 0 aromatic carbocycles. The third-order valence-corrected chi connectivity index (χ3v) is 16.5. The molecule has 10 amide bonds. The number of nitrogens with zero attached hydrogens (tertiary/aromatic N) is 7. The van der Waals surface area contributed by atoms with Gasteiger partial charge >= 0.3 is 11.9 Å². The van der Waals surface area contributed by atoms with Crippen LogP contribution < -0.4 is 21.3 Å². The summed E-state index contributed by atoms with van der Waals surface area (Å²) in [6, 6.07) is -8.01. The zero-order chi connectivity index (χ0) is 64.4. The minimum absolute atomic E-state index is 0.0258. The molecule has 23 heteroatoms. The Labute approximate surface area is 502 Å². The Morgan fingerprint density at radius 2 is 1.14 bits per heavy atom. The minimum atomic E-state index is -1.18. The van der Waals surface area contributed by atoms with Gasteiger partial charge in [0.1, 0.15) is 61.4 Å². The lowest BCUT2D eigenvalue weighted by Gasteiger charge is -2.37. The Hall–Kier alpha value is -5.97. The summed E-state index contributed by atoms with van der Waals surface area (Å²) in [6.07, 6.45) is 7.39. The average molecular weight is 1190 g/mol. The molecule has 2 heterocycles.